The molecular weight excluding hydrogens is 134 g/mol. The van der Waals surface area contributed by atoms with E-state index in [-0.39, 0.29) is 11.9 Å². The number of rotatable bonds is 1. The standard InChI is InChI=1S/C6H9NO3/c1-10-6(8)4-2-5(3-4)7-9/h4,9H,2-3H2,1H3. The average Bonchev–Trinajstić information content (AvgIpc) is 1.85. The molecule has 56 valence electrons. The fourth-order valence-electron chi connectivity index (χ4n) is 0.924. The molecule has 1 rings (SSSR count). The molecule has 0 atom stereocenters. The van der Waals surface area contributed by atoms with Crippen LogP contribution in [0.4, 0.5) is 0 Å². The summed E-state index contributed by atoms with van der Waals surface area (Å²) in [5, 5.41) is 11.2. The van der Waals surface area contributed by atoms with E-state index in [1.54, 1.807) is 0 Å². The van der Waals surface area contributed by atoms with E-state index in [0.717, 1.165) is 0 Å². The van der Waals surface area contributed by atoms with Crippen LogP contribution in [0.25, 0.3) is 0 Å². The number of ether oxygens (including phenoxy) is 1. The second-order valence-electron chi connectivity index (χ2n) is 2.29. The second-order valence-corrected chi connectivity index (χ2v) is 2.29. The van der Waals surface area contributed by atoms with E-state index in [1.165, 1.54) is 7.11 Å². The van der Waals surface area contributed by atoms with Gasteiger partial charge in [0.15, 0.2) is 0 Å². The minimum atomic E-state index is -0.215. The highest BCUT2D eigenvalue weighted by Crippen LogP contribution is 2.24. The van der Waals surface area contributed by atoms with Gasteiger partial charge in [-0.05, 0) is 0 Å². The largest absolute Gasteiger partial charge is 0.469 e. The van der Waals surface area contributed by atoms with Crippen molar-refractivity contribution in [2.24, 2.45) is 11.1 Å². The molecule has 1 aliphatic carbocycles. The SMILES string of the molecule is COC(=O)C1CC(=NO)C1. The van der Waals surface area contributed by atoms with Crippen LogP contribution in [0, 0.1) is 5.92 Å². The molecule has 4 heteroatoms. The molecule has 0 unspecified atom stereocenters. The van der Waals surface area contributed by atoms with Crippen LogP contribution in [0.2, 0.25) is 0 Å². The van der Waals surface area contributed by atoms with Crippen molar-refractivity contribution in [1.29, 1.82) is 0 Å². The Morgan fingerprint density at radius 2 is 2.40 bits per heavy atom. The van der Waals surface area contributed by atoms with Gasteiger partial charge in [0.05, 0.1) is 18.7 Å². The summed E-state index contributed by atoms with van der Waals surface area (Å²) >= 11 is 0. The summed E-state index contributed by atoms with van der Waals surface area (Å²) in [6, 6.07) is 0. The van der Waals surface area contributed by atoms with Crippen molar-refractivity contribution in [3.8, 4) is 0 Å². The highest BCUT2D eigenvalue weighted by molar-refractivity contribution is 5.97. The number of nitrogens with zero attached hydrogens (tertiary/aromatic N) is 1. The Morgan fingerprint density at radius 3 is 2.80 bits per heavy atom. The molecule has 1 saturated carbocycles. The maximum atomic E-state index is 10.7. The fourth-order valence-corrected chi connectivity index (χ4v) is 0.924. The van der Waals surface area contributed by atoms with Crippen LogP contribution in [-0.2, 0) is 9.53 Å². The Kier molecular flexibility index (Phi) is 1.89. The van der Waals surface area contributed by atoms with Gasteiger partial charge < -0.3 is 9.94 Å². The predicted molar refractivity (Wildman–Crippen MR) is 34.0 cm³/mol. The molecule has 0 spiro atoms. The lowest BCUT2D eigenvalue weighted by atomic mass is 9.83. The molecule has 1 N–H and O–H groups in total. The quantitative estimate of drug-likeness (QED) is 0.328. The zero-order valence-electron chi connectivity index (χ0n) is 5.70. The number of hydrogen-bond donors (Lipinski definition) is 1. The molecule has 0 saturated heterocycles. The molecule has 1 fully saturated rings. The molecular formula is C6H9NO3. The van der Waals surface area contributed by atoms with Gasteiger partial charge in [-0.3, -0.25) is 4.79 Å². The number of methoxy groups -OCH3 is 1. The summed E-state index contributed by atoms with van der Waals surface area (Å²) < 4.78 is 4.47. The number of carbonyl (C=O) groups excluding carboxylic acids is 1. The lowest BCUT2D eigenvalue weighted by molar-refractivity contribution is -0.145. The molecule has 0 aromatic rings. The smallest absolute Gasteiger partial charge is 0.309 e. The molecule has 1 aliphatic rings. The van der Waals surface area contributed by atoms with Gasteiger partial charge in [-0.25, -0.2) is 0 Å². The number of oxime groups is 1. The number of carbonyl (C=O) groups is 1. The molecule has 0 aromatic carbocycles. The third-order valence-electron chi connectivity index (χ3n) is 1.64. The van der Waals surface area contributed by atoms with Crippen LogP contribution in [-0.4, -0.2) is 24.0 Å². The van der Waals surface area contributed by atoms with Crippen molar-refractivity contribution < 1.29 is 14.7 Å². The van der Waals surface area contributed by atoms with Gasteiger partial charge in [-0.1, -0.05) is 5.16 Å². The van der Waals surface area contributed by atoms with Crippen molar-refractivity contribution >= 4 is 11.7 Å². The first kappa shape index (κ1) is 7.05. The Bertz CT molecular complexity index is 168. The Morgan fingerprint density at radius 1 is 1.80 bits per heavy atom. The maximum Gasteiger partial charge on any atom is 0.309 e. The minimum absolute atomic E-state index is 0.0732. The van der Waals surface area contributed by atoms with Crippen molar-refractivity contribution in [2.45, 2.75) is 12.8 Å². The van der Waals surface area contributed by atoms with Gasteiger partial charge in [0.2, 0.25) is 0 Å². The van der Waals surface area contributed by atoms with Gasteiger partial charge in [-0.2, -0.15) is 0 Å². The molecule has 4 nitrogen and oxygen atoms in total. The second kappa shape index (κ2) is 2.68. The van der Waals surface area contributed by atoms with Crippen molar-refractivity contribution in [2.75, 3.05) is 7.11 Å². The van der Waals surface area contributed by atoms with Crippen molar-refractivity contribution in [3.63, 3.8) is 0 Å². The van der Waals surface area contributed by atoms with Crippen LogP contribution in [0.3, 0.4) is 0 Å². The maximum absolute atomic E-state index is 10.7. The van der Waals surface area contributed by atoms with Crippen LogP contribution in [0.15, 0.2) is 5.16 Å². The summed E-state index contributed by atoms with van der Waals surface area (Å²) in [6.45, 7) is 0. The highest BCUT2D eigenvalue weighted by atomic mass is 16.5. The number of hydrogen-bond acceptors (Lipinski definition) is 4. The molecule has 10 heavy (non-hydrogen) atoms. The van der Waals surface area contributed by atoms with E-state index in [4.69, 9.17) is 5.21 Å². The van der Waals surface area contributed by atoms with Gasteiger partial charge in [0.1, 0.15) is 0 Å². The van der Waals surface area contributed by atoms with E-state index >= 15 is 0 Å². The van der Waals surface area contributed by atoms with E-state index in [0.29, 0.717) is 18.6 Å². The van der Waals surface area contributed by atoms with E-state index in [9.17, 15) is 4.79 Å². The number of esters is 1. The zero-order chi connectivity index (χ0) is 7.56. The molecule has 0 radical (unpaired) electrons. The normalized spacial score (nSPS) is 23.3. The Hall–Kier alpha value is -1.06. The first-order valence-corrected chi connectivity index (χ1v) is 3.05. The average molecular weight is 143 g/mol. The lowest BCUT2D eigenvalue weighted by Crippen LogP contribution is -2.31. The van der Waals surface area contributed by atoms with Crippen molar-refractivity contribution in [1.82, 2.24) is 0 Å². The summed E-state index contributed by atoms with van der Waals surface area (Å²) in [5.74, 6) is -0.289. The van der Waals surface area contributed by atoms with Crippen LogP contribution >= 0.6 is 0 Å². The lowest BCUT2D eigenvalue weighted by Gasteiger charge is -2.23. The van der Waals surface area contributed by atoms with Crippen molar-refractivity contribution in [3.05, 3.63) is 0 Å². The molecule has 0 aromatic heterocycles. The fraction of sp³-hybridized carbons (Fsp3) is 0.667. The molecule has 0 bridgehead atoms. The topological polar surface area (TPSA) is 58.9 Å². The van der Waals surface area contributed by atoms with Gasteiger partial charge in [0.25, 0.3) is 0 Å². The first-order chi connectivity index (χ1) is 4.77. The summed E-state index contributed by atoms with van der Waals surface area (Å²) in [4.78, 5) is 10.7. The molecule has 0 amide bonds. The highest BCUT2D eigenvalue weighted by Gasteiger charge is 2.32. The van der Waals surface area contributed by atoms with Crippen LogP contribution < -0.4 is 0 Å². The molecule has 0 aliphatic heterocycles. The van der Waals surface area contributed by atoms with Gasteiger partial charge in [-0.15, -0.1) is 0 Å². The Balaban J connectivity index is 2.32. The predicted octanol–water partition coefficient (Wildman–Crippen LogP) is 0.400. The zero-order valence-corrected chi connectivity index (χ0v) is 5.70. The van der Waals surface area contributed by atoms with E-state index < -0.39 is 0 Å². The first-order valence-electron chi connectivity index (χ1n) is 3.05. The summed E-state index contributed by atoms with van der Waals surface area (Å²) in [5.41, 5.74) is 0.676. The third-order valence-corrected chi connectivity index (χ3v) is 1.64. The van der Waals surface area contributed by atoms with Gasteiger partial charge >= 0.3 is 5.97 Å². The third kappa shape index (κ3) is 1.10. The van der Waals surface area contributed by atoms with Crippen LogP contribution in [0.5, 0.6) is 0 Å². The van der Waals surface area contributed by atoms with Gasteiger partial charge in [0, 0.05) is 12.8 Å². The molecule has 0 heterocycles. The van der Waals surface area contributed by atoms with E-state index in [1.807, 2.05) is 0 Å². The summed E-state index contributed by atoms with van der Waals surface area (Å²) in [7, 11) is 1.36. The summed E-state index contributed by atoms with van der Waals surface area (Å²) in [6.07, 6.45) is 1.09. The minimum Gasteiger partial charge on any atom is -0.469 e. The monoisotopic (exact) mass is 143 g/mol. The Labute approximate surface area is 58.5 Å². The van der Waals surface area contributed by atoms with Crippen LogP contribution in [0.1, 0.15) is 12.8 Å². The van der Waals surface area contributed by atoms with E-state index in [2.05, 4.69) is 9.89 Å².